The van der Waals surface area contributed by atoms with Crippen LogP contribution in [0, 0.1) is 17.4 Å². The Morgan fingerprint density at radius 1 is 1.31 bits per heavy atom. The summed E-state index contributed by atoms with van der Waals surface area (Å²) in [5.74, 6) is -0.327. The van der Waals surface area contributed by atoms with Crippen LogP contribution in [0.15, 0.2) is 12.1 Å². The fourth-order valence-corrected chi connectivity index (χ4v) is 1.63. The first-order valence-electron chi connectivity index (χ1n) is 3.99. The van der Waals surface area contributed by atoms with E-state index in [0.717, 1.165) is 0 Å². The van der Waals surface area contributed by atoms with Gasteiger partial charge in [0.2, 0.25) is 0 Å². The van der Waals surface area contributed by atoms with Gasteiger partial charge in [0.15, 0.2) is 17.4 Å². The summed E-state index contributed by atoms with van der Waals surface area (Å²) < 4.78 is 13.5. The molecule has 1 aromatic carbocycles. The highest BCUT2D eigenvalue weighted by Crippen LogP contribution is 2.30. The van der Waals surface area contributed by atoms with Gasteiger partial charge in [-0.1, -0.05) is 32.4 Å². The second kappa shape index (κ2) is 3.47. The molecule has 0 nitrogen and oxygen atoms in total. The van der Waals surface area contributed by atoms with Gasteiger partial charge in [-0.15, -0.1) is 0 Å². The lowest BCUT2D eigenvalue weighted by atomic mass is 9.87. The van der Waals surface area contributed by atoms with E-state index in [0.29, 0.717) is 10.6 Å². The maximum atomic E-state index is 13.5. The van der Waals surface area contributed by atoms with Crippen LogP contribution in [-0.2, 0) is 5.41 Å². The van der Waals surface area contributed by atoms with Crippen LogP contribution in [0.25, 0.3) is 0 Å². The number of benzene rings is 1. The Morgan fingerprint density at radius 3 is 2.31 bits per heavy atom. The first-order chi connectivity index (χ1) is 5.82. The Balaban J connectivity index is 3.37. The van der Waals surface area contributed by atoms with E-state index in [2.05, 4.69) is 0 Å². The van der Waals surface area contributed by atoms with E-state index in [1.165, 1.54) is 6.07 Å². The van der Waals surface area contributed by atoms with Gasteiger partial charge in [-0.05, 0) is 11.5 Å². The third kappa shape index (κ3) is 2.35. The summed E-state index contributed by atoms with van der Waals surface area (Å²) >= 11 is 10.6. The van der Waals surface area contributed by atoms with E-state index in [4.69, 9.17) is 23.2 Å². The molecule has 0 atom stereocenters. The molecule has 0 aliphatic heterocycles. The zero-order chi connectivity index (χ0) is 10.2. The van der Waals surface area contributed by atoms with Crippen molar-refractivity contribution in [3.05, 3.63) is 33.6 Å². The average Bonchev–Trinajstić information content (AvgIpc) is 1.94. The van der Waals surface area contributed by atoms with Crippen molar-refractivity contribution in [3.63, 3.8) is 0 Å². The largest absolute Gasteiger partial charge is 0.262 e. The molecule has 0 aliphatic rings. The molecule has 13 heavy (non-hydrogen) atoms. The number of hydrogen-bond acceptors (Lipinski definition) is 0. The third-order valence-corrected chi connectivity index (χ3v) is 2.33. The number of rotatable bonds is 0. The molecule has 0 aliphatic carbocycles. The Bertz CT molecular complexity index is 326. The van der Waals surface area contributed by atoms with Gasteiger partial charge in [-0.25, -0.2) is 4.39 Å². The number of halogens is 3. The lowest BCUT2D eigenvalue weighted by molar-refractivity contribution is -0.293. The van der Waals surface area contributed by atoms with Crippen molar-refractivity contribution in [1.29, 1.82) is 0 Å². The van der Waals surface area contributed by atoms with Crippen LogP contribution >= 0.6 is 11.6 Å². The van der Waals surface area contributed by atoms with Crippen LogP contribution in [0.1, 0.15) is 26.3 Å². The highest BCUT2D eigenvalue weighted by molar-refractivity contribution is 6.30. The SMILES string of the molecule is CC(C)(C)c1cc(Cl)cc([ClH+])c1F. The van der Waals surface area contributed by atoms with Gasteiger partial charge in [0.25, 0.3) is 5.02 Å². The Kier molecular flexibility index (Phi) is 2.88. The van der Waals surface area contributed by atoms with Gasteiger partial charge in [0.05, 0.1) is 0 Å². The molecule has 0 bridgehead atoms. The summed E-state index contributed by atoms with van der Waals surface area (Å²) in [6.45, 7) is 5.78. The van der Waals surface area contributed by atoms with Gasteiger partial charge < -0.3 is 0 Å². The first kappa shape index (κ1) is 10.8. The molecule has 0 aromatic heterocycles. The van der Waals surface area contributed by atoms with Gasteiger partial charge in [-0.3, -0.25) is 0 Å². The van der Waals surface area contributed by atoms with Gasteiger partial charge in [0, 0.05) is 16.7 Å². The molecule has 0 fully saturated rings. The lowest BCUT2D eigenvalue weighted by Crippen LogP contribution is -2.14. The summed E-state index contributed by atoms with van der Waals surface area (Å²) in [4.78, 5) is 0. The molecule has 0 spiro atoms. The van der Waals surface area contributed by atoms with Crippen LogP contribution in [0.5, 0.6) is 0 Å². The predicted octanol–water partition coefficient (Wildman–Crippen LogP) is 3.47. The monoisotopic (exact) mass is 221 g/mol. The van der Waals surface area contributed by atoms with Crippen molar-refractivity contribution in [2.24, 2.45) is 0 Å². The molecule has 0 saturated heterocycles. The molecule has 3 heteroatoms. The summed E-state index contributed by atoms with van der Waals surface area (Å²) in [7, 11) is 0. The van der Waals surface area contributed by atoms with Gasteiger partial charge in [0.1, 0.15) is 0 Å². The minimum Gasteiger partial charge on any atom is -0.200 e. The molecule has 0 radical (unpaired) electrons. The smallest absolute Gasteiger partial charge is 0.200 e. The lowest BCUT2D eigenvalue weighted by Gasteiger charge is -2.19. The third-order valence-electron chi connectivity index (χ3n) is 1.81. The predicted molar refractivity (Wildman–Crippen MR) is 50.7 cm³/mol. The fourth-order valence-electron chi connectivity index (χ4n) is 1.11. The Morgan fingerprint density at radius 2 is 1.85 bits per heavy atom. The van der Waals surface area contributed by atoms with Crippen molar-refractivity contribution < 1.29 is 16.0 Å². The quantitative estimate of drug-likeness (QED) is 0.589. The van der Waals surface area contributed by atoms with E-state index in [-0.39, 0.29) is 16.3 Å². The average molecular weight is 222 g/mol. The molecule has 0 heterocycles. The Hall–Kier alpha value is -0.270. The summed E-state index contributed by atoms with van der Waals surface area (Å²) in [5, 5.41) is 0.689. The minimum atomic E-state index is -0.327. The summed E-state index contributed by atoms with van der Waals surface area (Å²) in [5.41, 5.74) is 0.313. The van der Waals surface area contributed by atoms with Crippen molar-refractivity contribution in [2.45, 2.75) is 26.2 Å². The van der Waals surface area contributed by atoms with Crippen molar-refractivity contribution in [1.82, 2.24) is 0 Å². The minimum absolute atomic E-state index is 0.192. The van der Waals surface area contributed by atoms with Gasteiger partial charge in [-0.2, -0.15) is 0 Å². The molecular weight excluding hydrogens is 210 g/mol. The molecule has 72 valence electrons. The second-order valence-corrected chi connectivity index (χ2v) is 4.89. The molecule has 0 unspecified atom stereocenters. The van der Waals surface area contributed by atoms with Gasteiger partial charge >= 0.3 is 0 Å². The van der Waals surface area contributed by atoms with Crippen LogP contribution in [0.3, 0.4) is 0 Å². The molecule has 0 saturated carbocycles. The van der Waals surface area contributed by atoms with Crippen LogP contribution in [0.2, 0.25) is 10.0 Å². The van der Waals surface area contributed by atoms with Crippen molar-refractivity contribution >= 4 is 11.6 Å². The zero-order valence-electron chi connectivity index (χ0n) is 7.82. The maximum absolute atomic E-state index is 13.5. The molecule has 1 rings (SSSR count). The van der Waals surface area contributed by atoms with Crippen LogP contribution in [0.4, 0.5) is 4.39 Å². The molecule has 0 amide bonds. The molecule has 0 N–H and O–H groups in total. The highest BCUT2D eigenvalue weighted by atomic mass is 35.5. The standard InChI is InChI=1S/C10H12Cl2F/c1-10(2,3)7-4-6(11)5-8(12)9(7)13/h4-5,12H,1-3H3/q+1. The van der Waals surface area contributed by atoms with Crippen molar-refractivity contribution in [2.75, 3.05) is 0 Å². The maximum Gasteiger partial charge on any atom is 0.262 e. The van der Waals surface area contributed by atoms with Crippen LogP contribution < -0.4 is 0 Å². The zero-order valence-corrected chi connectivity index (χ0v) is 9.39. The summed E-state index contributed by atoms with van der Waals surface area (Å²) in [6, 6.07) is 3.09. The van der Waals surface area contributed by atoms with E-state index in [1.54, 1.807) is 6.07 Å². The van der Waals surface area contributed by atoms with Crippen LogP contribution in [-0.4, -0.2) is 0 Å². The summed E-state index contributed by atoms with van der Waals surface area (Å²) in [6.07, 6.45) is 0. The topological polar surface area (TPSA) is 0 Å². The Labute approximate surface area is 87.7 Å². The van der Waals surface area contributed by atoms with E-state index >= 15 is 0 Å². The second-order valence-electron chi connectivity index (χ2n) is 4.02. The van der Waals surface area contributed by atoms with E-state index in [9.17, 15) is 4.39 Å². The normalized spacial score (nSPS) is 11.8. The van der Waals surface area contributed by atoms with E-state index < -0.39 is 0 Å². The first-order valence-corrected chi connectivity index (χ1v) is 4.77. The molecular formula is C10H12Cl2F+. The molecule has 1 aromatic rings. The number of hydrogen-bond donors (Lipinski definition) is 0. The fraction of sp³-hybridized carbons (Fsp3) is 0.400. The highest BCUT2D eigenvalue weighted by Gasteiger charge is 2.23. The van der Waals surface area contributed by atoms with E-state index in [1.807, 2.05) is 20.8 Å². The van der Waals surface area contributed by atoms with Crippen molar-refractivity contribution in [3.8, 4) is 0 Å².